The Hall–Kier alpha value is -1.33. The average Bonchev–Trinajstić information content (AvgIpc) is 2.85. The van der Waals surface area contributed by atoms with Gasteiger partial charge in [-0.15, -0.1) is 0 Å². The van der Waals surface area contributed by atoms with Gasteiger partial charge in [-0.2, -0.15) is 5.10 Å². The molecule has 2 rings (SSSR count). The highest BCUT2D eigenvalue weighted by Gasteiger charge is 2.04. The van der Waals surface area contributed by atoms with E-state index in [9.17, 15) is 0 Å². The molecule has 0 saturated carbocycles. The molecule has 1 aromatic carbocycles. The van der Waals surface area contributed by atoms with E-state index < -0.39 is 0 Å². The van der Waals surface area contributed by atoms with Crippen molar-refractivity contribution >= 4 is 15.9 Å². The smallest absolute Gasteiger partial charge is 0.157 e. The predicted molar refractivity (Wildman–Crippen MR) is 78.9 cm³/mol. The van der Waals surface area contributed by atoms with Crippen LogP contribution in [0.3, 0.4) is 0 Å². The zero-order valence-corrected chi connectivity index (χ0v) is 12.6. The highest BCUT2D eigenvalue weighted by atomic mass is 79.9. The summed E-state index contributed by atoms with van der Waals surface area (Å²) in [5.74, 6) is 0.795. The lowest BCUT2D eigenvalue weighted by atomic mass is 10.1. The molecule has 0 radical (unpaired) electrons. The lowest BCUT2D eigenvalue weighted by molar-refractivity contribution is 0.305. The third kappa shape index (κ3) is 3.81. The van der Waals surface area contributed by atoms with Gasteiger partial charge in [0.1, 0.15) is 6.61 Å². The van der Waals surface area contributed by atoms with E-state index in [0.29, 0.717) is 13.2 Å². The molecule has 0 spiro atoms. The molecular weight excluding hydrogens is 306 g/mol. The Morgan fingerprint density at radius 1 is 1.42 bits per heavy atom. The summed E-state index contributed by atoms with van der Waals surface area (Å²) in [6.07, 6.45) is 4.73. The summed E-state index contributed by atoms with van der Waals surface area (Å²) in [5, 5.41) is 4.23. The Morgan fingerprint density at radius 2 is 2.26 bits per heavy atom. The van der Waals surface area contributed by atoms with Crippen LogP contribution in [0.25, 0.3) is 0 Å². The number of nitrogens with zero attached hydrogens (tertiary/aromatic N) is 2. The molecule has 0 fully saturated rings. The fraction of sp³-hybridized carbons (Fsp3) is 0.357. The first-order valence-corrected chi connectivity index (χ1v) is 7.15. The first kappa shape index (κ1) is 14.1. The fourth-order valence-electron chi connectivity index (χ4n) is 1.77. The maximum Gasteiger partial charge on any atom is 0.157 e. The number of aromatic nitrogens is 2. The molecule has 0 aliphatic rings. The Kier molecular flexibility index (Phi) is 4.99. The normalized spacial score (nSPS) is 10.7. The van der Waals surface area contributed by atoms with Crippen molar-refractivity contribution in [3.63, 3.8) is 0 Å². The number of benzene rings is 1. The second kappa shape index (κ2) is 6.73. The third-order valence-corrected chi connectivity index (χ3v) is 3.55. The molecular formula is C14H18BrN3O. The molecule has 0 amide bonds. The van der Waals surface area contributed by atoms with Crippen molar-refractivity contribution in [3.05, 3.63) is 46.2 Å². The molecule has 0 aliphatic carbocycles. The van der Waals surface area contributed by atoms with E-state index in [4.69, 9.17) is 10.5 Å². The third-order valence-electron chi connectivity index (χ3n) is 2.81. The lowest BCUT2D eigenvalue weighted by Crippen LogP contribution is -2.00. The van der Waals surface area contributed by atoms with E-state index in [-0.39, 0.29) is 0 Å². The van der Waals surface area contributed by atoms with Gasteiger partial charge in [0.05, 0.1) is 12.4 Å². The number of aryl methyl sites for hydroxylation is 1. The molecule has 0 saturated heterocycles. The van der Waals surface area contributed by atoms with Gasteiger partial charge in [-0.1, -0.05) is 35.0 Å². The summed E-state index contributed by atoms with van der Waals surface area (Å²) in [6.45, 7) is 4.10. The highest BCUT2D eigenvalue weighted by molar-refractivity contribution is 9.10. The largest absolute Gasteiger partial charge is 0.486 e. The molecule has 0 atom stereocenters. The first-order chi connectivity index (χ1) is 9.22. The van der Waals surface area contributed by atoms with Crippen LogP contribution in [-0.4, -0.2) is 9.78 Å². The summed E-state index contributed by atoms with van der Waals surface area (Å²) >= 11 is 3.54. The van der Waals surface area contributed by atoms with Crippen molar-refractivity contribution in [2.75, 3.05) is 0 Å². The number of rotatable bonds is 6. The summed E-state index contributed by atoms with van der Waals surface area (Å²) in [5.41, 5.74) is 7.80. The van der Waals surface area contributed by atoms with Crippen LogP contribution in [-0.2, 0) is 19.7 Å². The van der Waals surface area contributed by atoms with Gasteiger partial charge in [-0.3, -0.25) is 4.68 Å². The number of ether oxygens (including phenoxy) is 1. The molecule has 0 unspecified atom stereocenters. The monoisotopic (exact) mass is 323 g/mol. The van der Waals surface area contributed by atoms with E-state index in [1.54, 1.807) is 6.20 Å². The van der Waals surface area contributed by atoms with Crippen LogP contribution in [0, 0.1) is 0 Å². The van der Waals surface area contributed by atoms with E-state index in [1.165, 1.54) is 0 Å². The molecule has 2 N–H and O–H groups in total. The SMILES string of the molecule is CCCn1cc(OCc2ccc(CN)cc2Br)cn1. The summed E-state index contributed by atoms with van der Waals surface area (Å²) in [6, 6.07) is 6.08. The fourth-order valence-corrected chi connectivity index (χ4v) is 2.31. The van der Waals surface area contributed by atoms with Gasteiger partial charge in [-0.25, -0.2) is 0 Å². The average molecular weight is 324 g/mol. The van der Waals surface area contributed by atoms with Crippen molar-refractivity contribution < 1.29 is 4.74 Å². The van der Waals surface area contributed by atoms with Gasteiger partial charge < -0.3 is 10.5 Å². The molecule has 0 bridgehead atoms. The molecule has 5 heteroatoms. The standard InChI is InChI=1S/C14H18BrN3O/c1-2-5-18-9-13(8-17-18)19-10-12-4-3-11(7-16)6-14(12)15/h3-4,6,8-9H,2,5,7,10,16H2,1H3. The second-order valence-electron chi connectivity index (χ2n) is 4.36. The second-order valence-corrected chi connectivity index (χ2v) is 5.21. The van der Waals surface area contributed by atoms with Crippen LogP contribution in [0.1, 0.15) is 24.5 Å². The first-order valence-electron chi connectivity index (χ1n) is 6.35. The topological polar surface area (TPSA) is 53.1 Å². The van der Waals surface area contributed by atoms with Gasteiger partial charge in [0.2, 0.25) is 0 Å². The zero-order valence-electron chi connectivity index (χ0n) is 11.0. The van der Waals surface area contributed by atoms with E-state index in [1.807, 2.05) is 29.1 Å². The number of halogens is 1. The predicted octanol–water partition coefficient (Wildman–Crippen LogP) is 3.09. The van der Waals surface area contributed by atoms with Crippen LogP contribution in [0.15, 0.2) is 35.1 Å². The van der Waals surface area contributed by atoms with Gasteiger partial charge in [0, 0.05) is 23.1 Å². The molecule has 19 heavy (non-hydrogen) atoms. The van der Waals surface area contributed by atoms with Crippen LogP contribution in [0.2, 0.25) is 0 Å². The minimum absolute atomic E-state index is 0.517. The zero-order chi connectivity index (χ0) is 13.7. The Bertz CT molecular complexity index is 539. The lowest BCUT2D eigenvalue weighted by Gasteiger charge is -2.07. The number of hydrogen-bond acceptors (Lipinski definition) is 3. The van der Waals surface area contributed by atoms with Gasteiger partial charge in [-0.05, 0) is 18.1 Å². The molecule has 4 nitrogen and oxygen atoms in total. The van der Waals surface area contributed by atoms with Crippen LogP contribution in [0.5, 0.6) is 5.75 Å². The summed E-state index contributed by atoms with van der Waals surface area (Å²) in [4.78, 5) is 0. The maximum atomic E-state index is 5.73. The number of nitrogens with two attached hydrogens (primary N) is 1. The van der Waals surface area contributed by atoms with E-state index >= 15 is 0 Å². The Labute approximate surface area is 121 Å². The molecule has 2 aromatic rings. The van der Waals surface area contributed by atoms with Gasteiger partial charge >= 0.3 is 0 Å². The quantitative estimate of drug-likeness (QED) is 0.888. The Morgan fingerprint density at radius 3 is 2.95 bits per heavy atom. The molecule has 1 aromatic heterocycles. The summed E-state index contributed by atoms with van der Waals surface area (Å²) in [7, 11) is 0. The maximum absolute atomic E-state index is 5.73. The minimum Gasteiger partial charge on any atom is -0.486 e. The van der Waals surface area contributed by atoms with Crippen molar-refractivity contribution in [1.82, 2.24) is 9.78 Å². The summed E-state index contributed by atoms with van der Waals surface area (Å²) < 4.78 is 8.64. The van der Waals surface area contributed by atoms with Crippen LogP contribution < -0.4 is 10.5 Å². The number of hydrogen-bond donors (Lipinski definition) is 1. The van der Waals surface area contributed by atoms with E-state index in [2.05, 4.69) is 28.0 Å². The molecule has 102 valence electrons. The Balaban J connectivity index is 1.97. The van der Waals surface area contributed by atoms with Gasteiger partial charge in [0.15, 0.2) is 5.75 Å². The minimum atomic E-state index is 0.517. The van der Waals surface area contributed by atoms with Crippen LogP contribution >= 0.6 is 15.9 Å². The van der Waals surface area contributed by atoms with Crippen molar-refractivity contribution in [3.8, 4) is 5.75 Å². The highest BCUT2D eigenvalue weighted by Crippen LogP contribution is 2.20. The van der Waals surface area contributed by atoms with Gasteiger partial charge in [0.25, 0.3) is 0 Å². The van der Waals surface area contributed by atoms with Crippen molar-refractivity contribution in [1.29, 1.82) is 0 Å². The van der Waals surface area contributed by atoms with E-state index in [0.717, 1.165) is 34.3 Å². The van der Waals surface area contributed by atoms with Crippen molar-refractivity contribution in [2.45, 2.75) is 33.0 Å². The van der Waals surface area contributed by atoms with Crippen molar-refractivity contribution in [2.24, 2.45) is 5.73 Å². The molecule has 1 heterocycles. The molecule has 0 aliphatic heterocycles. The van der Waals surface area contributed by atoms with Crippen LogP contribution in [0.4, 0.5) is 0 Å².